The predicted molar refractivity (Wildman–Crippen MR) is 79.6 cm³/mol. The Bertz CT molecular complexity index is 522. The van der Waals surface area contributed by atoms with Gasteiger partial charge in [0.25, 0.3) is 0 Å². The summed E-state index contributed by atoms with van der Waals surface area (Å²) in [5, 5.41) is 14.1. The largest absolute Gasteiger partial charge is 0.375 e. The topological polar surface area (TPSA) is 90.2 Å². The van der Waals surface area contributed by atoms with Gasteiger partial charge >= 0.3 is 5.69 Å². The molecule has 1 aromatic rings. The number of nitrogens with zero attached hydrogens (tertiary/aromatic N) is 3. The van der Waals surface area contributed by atoms with Crippen LogP contribution in [0, 0.1) is 10.1 Å². The van der Waals surface area contributed by atoms with Crippen LogP contribution in [0.15, 0.2) is 6.33 Å². The molecule has 1 saturated heterocycles. The Morgan fingerprint density at radius 3 is 2.86 bits per heavy atom. The first-order valence-electron chi connectivity index (χ1n) is 7.06. The molecule has 0 saturated carbocycles. The van der Waals surface area contributed by atoms with Crippen LogP contribution < -0.4 is 5.32 Å². The van der Waals surface area contributed by atoms with Crippen LogP contribution in [0.5, 0.6) is 0 Å². The van der Waals surface area contributed by atoms with E-state index in [1.165, 1.54) is 6.33 Å². The molecule has 1 aliphatic heterocycles. The first kappa shape index (κ1) is 15.9. The van der Waals surface area contributed by atoms with Crippen LogP contribution in [-0.4, -0.2) is 33.1 Å². The summed E-state index contributed by atoms with van der Waals surface area (Å²) in [5.41, 5.74) is -0.439. The van der Waals surface area contributed by atoms with Gasteiger partial charge in [0.15, 0.2) is 0 Å². The summed E-state index contributed by atoms with van der Waals surface area (Å²) in [6.07, 6.45) is 4.62. The molecule has 0 bridgehead atoms. The SMILES string of the molecule is CCC1(CC)CC(Nc2ncnc(Cl)c2[N+](=O)[O-])CCO1. The molecule has 0 aliphatic carbocycles. The molecule has 0 amide bonds. The van der Waals surface area contributed by atoms with Gasteiger partial charge in [-0.1, -0.05) is 25.4 Å². The summed E-state index contributed by atoms with van der Waals surface area (Å²) in [4.78, 5) is 18.2. The monoisotopic (exact) mass is 314 g/mol. The van der Waals surface area contributed by atoms with Crippen LogP contribution in [0.4, 0.5) is 11.5 Å². The highest BCUT2D eigenvalue weighted by Crippen LogP contribution is 2.35. The number of aromatic nitrogens is 2. The van der Waals surface area contributed by atoms with E-state index in [1.807, 2.05) is 0 Å². The Balaban J connectivity index is 2.19. The summed E-state index contributed by atoms with van der Waals surface area (Å²) < 4.78 is 5.90. The van der Waals surface area contributed by atoms with E-state index in [2.05, 4.69) is 29.1 Å². The van der Waals surface area contributed by atoms with Crippen molar-refractivity contribution in [3.05, 3.63) is 21.6 Å². The standard InChI is InChI=1S/C13H19ClN4O3/c1-3-13(4-2)7-9(5-6-21-13)17-12-10(18(19)20)11(14)15-8-16-12/h8-9H,3-7H2,1-2H3,(H,15,16,17). The lowest BCUT2D eigenvalue weighted by Gasteiger charge is -2.40. The van der Waals surface area contributed by atoms with E-state index in [9.17, 15) is 10.1 Å². The zero-order valence-electron chi connectivity index (χ0n) is 12.1. The maximum Gasteiger partial charge on any atom is 0.348 e. The molecular formula is C13H19ClN4O3. The smallest absolute Gasteiger partial charge is 0.348 e. The van der Waals surface area contributed by atoms with E-state index in [1.54, 1.807) is 0 Å². The third kappa shape index (κ3) is 3.41. The van der Waals surface area contributed by atoms with Crippen LogP contribution in [0.1, 0.15) is 39.5 Å². The third-order valence-electron chi connectivity index (χ3n) is 4.08. The van der Waals surface area contributed by atoms with E-state index in [0.717, 1.165) is 25.7 Å². The predicted octanol–water partition coefficient (Wildman–Crippen LogP) is 3.19. The fourth-order valence-corrected chi connectivity index (χ4v) is 2.91. The first-order valence-corrected chi connectivity index (χ1v) is 7.44. The fourth-order valence-electron chi connectivity index (χ4n) is 2.71. The molecule has 0 aromatic carbocycles. The quantitative estimate of drug-likeness (QED) is 0.510. The Labute approximate surface area is 128 Å². The van der Waals surface area contributed by atoms with E-state index in [4.69, 9.17) is 16.3 Å². The molecule has 1 unspecified atom stereocenters. The zero-order chi connectivity index (χ0) is 15.5. The van der Waals surface area contributed by atoms with Crippen LogP contribution in [0.2, 0.25) is 5.15 Å². The highest BCUT2D eigenvalue weighted by molar-refractivity contribution is 6.31. The second-order valence-corrected chi connectivity index (χ2v) is 5.55. The van der Waals surface area contributed by atoms with Gasteiger partial charge in [-0.3, -0.25) is 10.1 Å². The molecule has 1 N–H and O–H groups in total. The molecule has 7 nitrogen and oxygen atoms in total. The summed E-state index contributed by atoms with van der Waals surface area (Å²) in [5.74, 6) is 0.174. The van der Waals surface area contributed by atoms with Gasteiger partial charge < -0.3 is 10.1 Å². The van der Waals surface area contributed by atoms with Gasteiger partial charge in [-0.2, -0.15) is 0 Å². The molecule has 2 rings (SSSR count). The third-order valence-corrected chi connectivity index (χ3v) is 4.36. The number of nitro groups is 1. The van der Waals surface area contributed by atoms with Crippen molar-refractivity contribution >= 4 is 23.1 Å². The van der Waals surface area contributed by atoms with Gasteiger partial charge in [0.1, 0.15) is 6.33 Å². The summed E-state index contributed by atoms with van der Waals surface area (Å²) in [6.45, 7) is 4.82. The second kappa shape index (κ2) is 6.53. The Morgan fingerprint density at radius 1 is 1.52 bits per heavy atom. The van der Waals surface area contributed by atoms with Gasteiger partial charge in [0, 0.05) is 12.6 Å². The van der Waals surface area contributed by atoms with Crippen molar-refractivity contribution in [2.45, 2.75) is 51.2 Å². The highest BCUT2D eigenvalue weighted by atomic mass is 35.5. The minimum atomic E-state index is -0.559. The number of anilines is 1. The van der Waals surface area contributed by atoms with Gasteiger partial charge in [0.2, 0.25) is 11.0 Å². The van der Waals surface area contributed by atoms with Crippen molar-refractivity contribution in [3.8, 4) is 0 Å². The Kier molecular flexibility index (Phi) is 4.95. The van der Waals surface area contributed by atoms with E-state index in [0.29, 0.717) is 6.61 Å². The lowest BCUT2D eigenvalue weighted by molar-refractivity contribution is -0.384. The van der Waals surface area contributed by atoms with Crippen LogP contribution >= 0.6 is 11.6 Å². The number of halogens is 1. The Morgan fingerprint density at radius 2 is 2.24 bits per heavy atom. The van der Waals surface area contributed by atoms with E-state index < -0.39 is 4.92 Å². The maximum atomic E-state index is 11.1. The average molecular weight is 315 g/mol. The number of hydrogen-bond acceptors (Lipinski definition) is 6. The van der Waals surface area contributed by atoms with Crippen LogP contribution in [0.3, 0.4) is 0 Å². The molecule has 0 spiro atoms. The van der Waals surface area contributed by atoms with Crippen molar-refractivity contribution in [2.75, 3.05) is 11.9 Å². The van der Waals surface area contributed by atoms with E-state index in [-0.39, 0.29) is 28.3 Å². The fraction of sp³-hybridized carbons (Fsp3) is 0.692. The van der Waals surface area contributed by atoms with Crippen molar-refractivity contribution in [1.29, 1.82) is 0 Å². The van der Waals surface area contributed by atoms with Gasteiger partial charge in [0.05, 0.1) is 10.5 Å². The van der Waals surface area contributed by atoms with Crippen molar-refractivity contribution in [1.82, 2.24) is 9.97 Å². The van der Waals surface area contributed by atoms with Crippen LogP contribution in [-0.2, 0) is 4.74 Å². The minimum absolute atomic E-state index is 0.0725. The summed E-state index contributed by atoms with van der Waals surface area (Å²) >= 11 is 5.80. The molecule has 1 aliphatic rings. The summed E-state index contributed by atoms with van der Waals surface area (Å²) in [6, 6.07) is 0.0725. The average Bonchev–Trinajstić information content (AvgIpc) is 2.47. The first-order chi connectivity index (χ1) is 10.0. The highest BCUT2D eigenvalue weighted by Gasteiger charge is 2.35. The zero-order valence-corrected chi connectivity index (χ0v) is 12.9. The Hall–Kier alpha value is -1.47. The summed E-state index contributed by atoms with van der Waals surface area (Å²) in [7, 11) is 0. The number of hydrogen-bond donors (Lipinski definition) is 1. The maximum absolute atomic E-state index is 11.1. The normalized spacial score (nSPS) is 21.0. The molecule has 2 heterocycles. The number of ether oxygens (including phenoxy) is 1. The van der Waals surface area contributed by atoms with Crippen LogP contribution in [0.25, 0.3) is 0 Å². The molecule has 1 fully saturated rings. The van der Waals surface area contributed by atoms with Crippen molar-refractivity contribution in [2.24, 2.45) is 0 Å². The van der Waals surface area contributed by atoms with Crippen molar-refractivity contribution in [3.63, 3.8) is 0 Å². The van der Waals surface area contributed by atoms with Crippen molar-refractivity contribution < 1.29 is 9.66 Å². The molecular weight excluding hydrogens is 296 g/mol. The minimum Gasteiger partial charge on any atom is -0.375 e. The second-order valence-electron chi connectivity index (χ2n) is 5.19. The number of nitrogens with one attached hydrogen (secondary N) is 1. The molecule has 1 atom stereocenters. The molecule has 116 valence electrons. The number of rotatable bonds is 5. The van der Waals surface area contributed by atoms with Gasteiger partial charge in [-0.25, -0.2) is 9.97 Å². The molecule has 0 radical (unpaired) electrons. The van der Waals surface area contributed by atoms with Gasteiger partial charge in [-0.15, -0.1) is 0 Å². The van der Waals surface area contributed by atoms with E-state index >= 15 is 0 Å². The van der Waals surface area contributed by atoms with Gasteiger partial charge in [-0.05, 0) is 25.7 Å². The lowest BCUT2D eigenvalue weighted by Crippen LogP contribution is -2.43. The molecule has 8 heteroatoms. The molecule has 1 aromatic heterocycles. The lowest BCUT2D eigenvalue weighted by atomic mass is 9.86. The molecule has 21 heavy (non-hydrogen) atoms.